The maximum absolute atomic E-state index is 11.4. The maximum Gasteiger partial charge on any atom is 0.407 e. The Hall–Kier alpha value is -2.28. The van der Waals surface area contributed by atoms with E-state index in [0.717, 1.165) is 47.8 Å². The number of carbonyl (C=O) groups is 1. The van der Waals surface area contributed by atoms with E-state index in [2.05, 4.69) is 16.0 Å². The lowest BCUT2D eigenvalue weighted by atomic mass is 9.86. The fourth-order valence-electron chi connectivity index (χ4n) is 3.42. The summed E-state index contributed by atoms with van der Waals surface area (Å²) in [5.74, 6) is 1.36. The average Bonchev–Trinajstić information content (AvgIpc) is 3.16. The molecule has 1 aromatic heterocycles. The van der Waals surface area contributed by atoms with E-state index < -0.39 is 0 Å². The molecule has 1 amide bonds. The molecule has 1 aliphatic rings. The number of para-hydroxylation sites is 1. The molecule has 0 bridgehead atoms. The van der Waals surface area contributed by atoms with E-state index in [1.807, 2.05) is 31.2 Å². The largest absolute Gasteiger partial charge is 0.496 e. The van der Waals surface area contributed by atoms with Gasteiger partial charge in [-0.2, -0.15) is 0 Å². The van der Waals surface area contributed by atoms with Crippen LogP contribution in [0.5, 0.6) is 5.75 Å². The number of nitrogens with zero attached hydrogens (tertiary/aromatic N) is 1. The van der Waals surface area contributed by atoms with Crippen LogP contribution in [-0.2, 0) is 4.74 Å². The molecule has 3 rings (SSSR count). The number of methoxy groups -OCH3 is 1. The molecule has 0 aliphatic heterocycles. The Bertz CT molecular complexity index is 742. The van der Waals surface area contributed by atoms with Gasteiger partial charge in [0, 0.05) is 23.5 Å². The van der Waals surface area contributed by atoms with E-state index >= 15 is 0 Å². The third-order valence-corrected chi connectivity index (χ3v) is 5.65. The van der Waals surface area contributed by atoms with Gasteiger partial charge in [0.05, 0.1) is 19.4 Å². The van der Waals surface area contributed by atoms with Gasteiger partial charge in [-0.05, 0) is 50.7 Å². The molecule has 6 nitrogen and oxygen atoms in total. The Balaban J connectivity index is 1.49. The molecule has 1 aromatic carbocycles. The molecule has 0 radical (unpaired) electrons. The monoisotopic (exact) mass is 389 g/mol. The predicted molar refractivity (Wildman–Crippen MR) is 108 cm³/mol. The SMILES string of the molecule is CCOC(=O)NCC1CCC(Nc2nc(-c3ccccc3OC)cs2)CC1. The highest BCUT2D eigenvalue weighted by molar-refractivity contribution is 7.14. The minimum absolute atomic E-state index is 0.315. The highest BCUT2D eigenvalue weighted by atomic mass is 32.1. The summed E-state index contributed by atoms with van der Waals surface area (Å²) in [7, 11) is 1.68. The van der Waals surface area contributed by atoms with Gasteiger partial charge in [0.1, 0.15) is 5.75 Å². The molecular weight excluding hydrogens is 362 g/mol. The highest BCUT2D eigenvalue weighted by Crippen LogP contribution is 2.33. The Kier molecular flexibility index (Phi) is 6.92. The normalized spacial score (nSPS) is 19.3. The van der Waals surface area contributed by atoms with Crippen LogP contribution < -0.4 is 15.4 Å². The standard InChI is InChI=1S/C20H27N3O3S/c1-3-26-20(24)21-12-14-8-10-15(11-9-14)22-19-23-17(13-27-19)16-6-4-5-7-18(16)25-2/h4-7,13-15H,3,8-12H2,1-2H3,(H,21,24)(H,22,23). The average molecular weight is 390 g/mol. The van der Waals surface area contributed by atoms with Gasteiger partial charge in [-0.1, -0.05) is 12.1 Å². The van der Waals surface area contributed by atoms with Crippen LogP contribution in [-0.4, -0.2) is 37.4 Å². The van der Waals surface area contributed by atoms with Crippen LogP contribution in [0.3, 0.4) is 0 Å². The number of hydrogen-bond acceptors (Lipinski definition) is 6. The van der Waals surface area contributed by atoms with Gasteiger partial charge in [-0.25, -0.2) is 9.78 Å². The van der Waals surface area contributed by atoms with E-state index in [1.54, 1.807) is 18.4 Å². The number of benzene rings is 1. The Labute approximate surface area is 164 Å². The summed E-state index contributed by atoms with van der Waals surface area (Å²) in [6, 6.07) is 8.37. The van der Waals surface area contributed by atoms with Gasteiger partial charge in [0.2, 0.25) is 0 Å². The van der Waals surface area contributed by atoms with E-state index in [-0.39, 0.29) is 6.09 Å². The first kappa shape index (κ1) is 19.5. The molecule has 146 valence electrons. The minimum atomic E-state index is -0.315. The Morgan fingerprint density at radius 3 is 2.78 bits per heavy atom. The second kappa shape index (κ2) is 9.60. The molecule has 2 N–H and O–H groups in total. The van der Waals surface area contributed by atoms with Gasteiger partial charge < -0.3 is 20.1 Å². The zero-order valence-corrected chi connectivity index (χ0v) is 16.7. The van der Waals surface area contributed by atoms with Crippen LogP contribution in [0.1, 0.15) is 32.6 Å². The van der Waals surface area contributed by atoms with E-state index in [0.29, 0.717) is 25.1 Å². The van der Waals surface area contributed by atoms with Crippen LogP contribution >= 0.6 is 11.3 Å². The lowest BCUT2D eigenvalue weighted by Gasteiger charge is -2.29. The maximum atomic E-state index is 11.4. The van der Waals surface area contributed by atoms with Crippen molar-refractivity contribution in [2.45, 2.75) is 38.6 Å². The summed E-state index contributed by atoms with van der Waals surface area (Å²) in [6.07, 6.45) is 4.03. The topological polar surface area (TPSA) is 72.5 Å². The van der Waals surface area contributed by atoms with Crippen LogP contribution in [0.15, 0.2) is 29.6 Å². The molecule has 0 spiro atoms. The summed E-state index contributed by atoms with van der Waals surface area (Å²) < 4.78 is 10.3. The first-order chi connectivity index (χ1) is 13.2. The van der Waals surface area contributed by atoms with Crippen molar-refractivity contribution in [1.82, 2.24) is 10.3 Å². The summed E-state index contributed by atoms with van der Waals surface area (Å²) in [5, 5.41) is 9.43. The third kappa shape index (κ3) is 5.35. The van der Waals surface area contributed by atoms with Gasteiger partial charge in [0.25, 0.3) is 0 Å². The molecule has 1 heterocycles. The number of carbonyl (C=O) groups excluding carboxylic acids is 1. The summed E-state index contributed by atoms with van der Waals surface area (Å²) in [5.41, 5.74) is 1.95. The number of nitrogens with one attached hydrogen (secondary N) is 2. The zero-order valence-electron chi connectivity index (χ0n) is 15.9. The predicted octanol–water partition coefficient (Wildman–Crippen LogP) is 4.54. The Morgan fingerprint density at radius 2 is 2.04 bits per heavy atom. The number of rotatable bonds is 7. The number of thiazole rings is 1. The van der Waals surface area contributed by atoms with Crippen LogP contribution in [0.25, 0.3) is 11.3 Å². The van der Waals surface area contributed by atoms with Crippen molar-refractivity contribution in [3.8, 4) is 17.0 Å². The number of aromatic nitrogens is 1. The molecule has 1 fully saturated rings. The van der Waals surface area contributed by atoms with E-state index in [9.17, 15) is 4.79 Å². The van der Waals surface area contributed by atoms with Crippen molar-refractivity contribution >= 4 is 22.6 Å². The van der Waals surface area contributed by atoms with Crippen LogP contribution in [0.2, 0.25) is 0 Å². The second-order valence-electron chi connectivity index (χ2n) is 6.70. The van der Waals surface area contributed by atoms with E-state index in [4.69, 9.17) is 14.5 Å². The van der Waals surface area contributed by atoms with E-state index in [1.165, 1.54) is 0 Å². The molecular formula is C20H27N3O3S. The number of anilines is 1. The van der Waals surface area contributed by atoms with Crippen molar-refractivity contribution in [3.05, 3.63) is 29.6 Å². The molecule has 27 heavy (non-hydrogen) atoms. The van der Waals surface area contributed by atoms with Crippen molar-refractivity contribution in [2.75, 3.05) is 25.6 Å². The summed E-state index contributed by atoms with van der Waals surface area (Å²) in [4.78, 5) is 16.1. The number of ether oxygens (including phenoxy) is 2. The molecule has 1 aliphatic carbocycles. The lowest BCUT2D eigenvalue weighted by molar-refractivity contribution is 0.149. The quantitative estimate of drug-likeness (QED) is 0.728. The number of alkyl carbamates (subject to hydrolysis) is 1. The van der Waals surface area contributed by atoms with Crippen LogP contribution in [0, 0.1) is 5.92 Å². The number of hydrogen-bond donors (Lipinski definition) is 2. The van der Waals surface area contributed by atoms with Crippen molar-refractivity contribution < 1.29 is 14.3 Å². The lowest BCUT2D eigenvalue weighted by Crippen LogP contribution is -2.34. The summed E-state index contributed by atoms with van der Waals surface area (Å²) in [6.45, 7) is 2.92. The fourth-order valence-corrected chi connectivity index (χ4v) is 4.20. The Morgan fingerprint density at radius 1 is 1.26 bits per heavy atom. The minimum Gasteiger partial charge on any atom is -0.496 e. The molecule has 0 atom stereocenters. The van der Waals surface area contributed by atoms with Gasteiger partial charge in [-0.3, -0.25) is 0 Å². The molecule has 0 saturated heterocycles. The molecule has 0 unspecified atom stereocenters. The van der Waals surface area contributed by atoms with Crippen molar-refractivity contribution in [1.29, 1.82) is 0 Å². The third-order valence-electron chi connectivity index (χ3n) is 4.87. The van der Waals surface area contributed by atoms with Gasteiger partial charge in [-0.15, -0.1) is 11.3 Å². The first-order valence-electron chi connectivity index (χ1n) is 9.45. The molecule has 1 saturated carbocycles. The molecule has 2 aromatic rings. The molecule has 7 heteroatoms. The second-order valence-corrected chi connectivity index (χ2v) is 7.56. The smallest absolute Gasteiger partial charge is 0.407 e. The highest BCUT2D eigenvalue weighted by Gasteiger charge is 2.22. The summed E-state index contributed by atoms with van der Waals surface area (Å²) >= 11 is 1.63. The zero-order chi connectivity index (χ0) is 19.1. The van der Waals surface area contributed by atoms with Crippen molar-refractivity contribution in [3.63, 3.8) is 0 Å². The van der Waals surface area contributed by atoms with Crippen molar-refractivity contribution in [2.24, 2.45) is 5.92 Å². The van der Waals surface area contributed by atoms with Gasteiger partial charge in [0.15, 0.2) is 5.13 Å². The number of amides is 1. The van der Waals surface area contributed by atoms with Gasteiger partial charge >= 0.3 is 6.09 Å². The first-order valence-corrected chi connectivity index (χ1v) is 10.3. The fraction of sp³-hybridized carbons (Fsp3) is 0.500. The van der Waals surface area contributed by atoms with Crippen LogP contribution in [0.4, 0.5) is 9.93 Å².